The summed E-state index contributed by atoms with van der Waals surface area (Å²) in [4.78, 5) is 27.5. The van der Waals surface area contributed by atoms with Crippen LogP contribution in [0.2, 0.25) is 0 Å². The van der Waals surface area contributed by atoms with Gasteiger partial charge in [-0.25, -0.2) is 9.78 Å². The van der Waals surface area contributed by atoms with Crippen LogP contribution in [0.4, 0.5) is 18.3 Å². The number of ether oxygens (including phenoxy) is 2. The summed E-state index contributed by atoms with van der Waals surface area (Å²) in [6, 6.07) is 5.69. The number of alkyl halides is 3. The van der Waals surface area contributed by atoms with Gasteiger partial charge in [0.05, 0.1) is 20.1 Å². The van der Waals surface area contributed by atoms with E-state index in [-0.39, 0.29) is 23.0 Å². The van der Waals surface area contributed by atoms with E-state index < -0.39 is 30.1 Å². The van der Waals surface area contributed by atoms with E-state index in [1.54, 1.807) is 6.92 Å². The Kier molecular flexibility index (Phi) is 7.10. The quantitative estimate of drug-likeness (QED) is 0.304. The van der Waals surface area contributed by atoms with Crippen molar-refractivity contribution in [2.24, 2.45) is 5.10 Å². The number of anilines is 1. The van der Waals surface area contributed by atoms with Crippen LogP contribution in [0.3, 0.4) is 0 Å². The molecular weight excluding hydrogens is 399 g/mol. The third-order valence-corrected chi connectivity index (χ3v) is 4.09. The third-order valence-electron chi connectivity index (χ3n) is 3.34. The Hall–Kier alpha value is -2.95. The van der Waals surface area contributed by atoms with E-state index in [0.29, 0.717) is 5.75 Å². The smallest absolute Gasteiger partial charge is 0.431 e. The number of rotatable bonds is 8. The minimum atomic E-state index is -4.82. The number of halogens is 3. The number of esters is 1. The molecule has 1 aromatic carbocycles. The van der Waals surface area contributed by atoms with Gasteiger partial charge in [-0.05, 0) is 31.2 Å². The maximum atomic E-state index is 13.2. The van der Waals surface area contributed by atoms with Crippen molar-refractivity contribution in [3.63, 3.8) is 0 Å². The van der Waals surface area contributed by atoms with Crippen molar-refractivity contribution in [3.8, 4) is 5.75 Å². The van der Waals surface area contributed by atoms with Crippen LogP contribution >= 0.6 is 11.3 Å². The van der Waals surface area contributed by atoms with Crippen LogP contribution in [-0.4, -0.2) is 42.3 Å². The number of ketones is 1. The minimum Gasteiger partial charge on any atom is -0.497 e. The summed E-state index contributed by atoms with van der Waals surface area (Å²) < 4.78 is 49.3. The molecule has 0 unspecified atom stereocenters. The van der Waals surface area contributed by atoms with E-state index >= 15 is 0 Å². The Labute approximate surface area is 162 Å². The summed E-state index contributed by atoms with van der Waals surface area (Å²) in [6.07, 6.45) is -5.78. The van der Waals surface area contributed by atoms with E-state index in [4.69, 9.17) is 9.47 Å². The Bertz CT molecular complexity index is 863. The molecule has 0 saturated heterocycles. The molecule has 0 radical (unpaired) electrons. The summed E-state index contributed by atoms with van der Waals surface area (Å²) in [6.45, 7) is 1.76. The van der Waals surface area contributed by atoms with Crippen molar-refractivity contribution in [3.05, 3.63) is 40.9 Å². The maximum absolute atomic E-state index is 13.2. The molecule has 1 aromatic heterocycles. The number of nitrogens with zero attached hydrogens (tertiary/aromatic N) is 2. The molecule has 1 N–H and O–H groups in total. The molecule has 0 aliphatic rings. The van der Waals surface area contributed by atoms with Crippen LogP contribution in [0.5, 0.6) is 5.75 Å². The first-order valence-electron chi connectivity index (χ1n) is 7.94. The zero-order valence-electron chi connectivity index (χ0n) is 14.9. The standard InChI is InChI=1S/C17H16F3N3O4S/c1-3-27-15(25)12-9-28-16(21-12)23-22-14(17(18,19)20)8-13(24)10-4-6-11(26-2)7-5-10/h4-7,9H,3,8H2,1-2H3,(H,21,23). The largest absolute Gasteiger partial charge is 0.497 e. The first-order chi connectivity index (χ1) is 13.2. The van der Waals surface area contributed by atoms with E-state index in [9.17, 15) is 22.8 Å². The molecule has 2 rings (SSSR count). The van der Waals surface area contributed by atoms with Gasteiger partial charge in [0.15, 0.2) is 11.5 Å². The Morgan fingerprint density at radius 3 is 2.50 bits per heavy atom. The zero-order chi connectivity index (χ0) is 20.7. The topological polar surface area (TPSA) is 89.9 Å². The Morgan fingerprint density at radius 1 is 1.25 bits per heavy atom. The van der Waals surface area contributed by atoms with Crippen LogP contribution < -0.4 is 10.2 Å². The predicted octanol–water partition coefficient (Wildman–Crippen LogP) is 3.93. The lowest BCUT2D eigenvalue weighted by molar-refractivity contribution is -0.0602. The van der Waals surface area contributed by atoms with Gasteiger partial charge in [-0.15, -0.1) is 11.3 Å². The monoisotopic (exact) mass is 415 g/mol. The highest BCUT2D eigenvalue weighted by Crippen LogP contribution is 2.23. The van der Waals surface area contributed by atoms with Crippen molar-refractivity contribution in [2.45, 2.75) is 19.5 Å². The lowest BCUT2D eigenvalue weighted by Gasteiger charge is -2.10. The van der Waals surface area contributed by atoms with Crippen molar-refractivity contribution in [1.29, 1.82) is 0 Å². The maximum Gasteiger partial charge on any atom is 0.431 e. The van der Waals surface area contributed by atoms with Gasteiger partial charge in [-0.3, -0.25) is 10.2 Å². The molecule has 0 bridgehead atoms. The SMILES string of the molecule is CCOC(=O)c1csc(NN=C(CC(=O)c2ccc(OC)cc2)C(F)(F)F)n1. The van der Waals surface area contributed by atoms with Gasteiger partial charge in [0.1, 0.15) is 11.5 Å². The Morgan fingerprint density at radius 2 is 1.93 bits per heavy atom. The highest BCUT2D eigenvalue weighted by atomic mass is 32.1. The third kappa shape index (κ3) is 5.78. The van der Waals surface area contributed by atoms with Crippen LogP contribution in [0.1, 0.15) is 34.2 Å². The average Bonchev–Trinajstić information content (AvgIpc) is 3.13. The summed E-state index contributed by atoms with van der Waals surface area (Å²) in [5.41, 5.74) is 0.866. The fourth-order valence-corrected chi connectivity index (χ4v) is 2.59. The molecule has 7 nitrogen and oxygen atoms in total. The number of carbonyl (C=O) groups is 2. The molecule has 2 aromatic rings. The lowest BCUT2D eigenvalue weighted by atomic mass is 10.1. The first-order valence-corrected chi connectivity index (χ1v) is 8.82. The van der Waals surface area contributed by atoms with E-state index in [1.165, 1.54) is 36.8 Å². The van der Waals surface area contributed by atoms with Crippen molar-refractivity contribution >= 4 is 33.9 Å². The fraction of sp³-hybridized carbons (Fsp3) is 0.294. The second kappa shape index (κ2) is 9.31. The Balaban J connectivity index is 2.12. The highest BCUT2D eigenvalue weighted by Gasteiger charge is 2.37. The molecule has 0 saturated carbocycles. The molecule has 0 atom stereocenters. The predicted molar refractivity (Wildman–Crippen MR) is 97.1 cm³/mol. The summed E-state index contributed by atoms with van der Waals surface area (Å²) >= 11 is 0.879. The zero-order valence-corrected chi connectivity index (χ0v) is 15.7. The van der Waals surface area contributed by atoms with Crippen molar-refractivity contribution < 1.29 is 32.2 Å². The molecule has 28 heavy (non-hydrogen) atoms. The highest BCUT2D eigenvalue weighted by molar-refractivity contribution is 7.13. The van der Waals surface area contributed by atoms with Crippen molar-refractivity contribution in [1.82, 2.24) is 4.98 Å². The number of hydrazone groups is 1. The van der Waals surface area contributed by atoms with Crippen LogP contribution in [0, 0.1) is 0 Å². The van der Waals surface area contributed by atoms with Gasteiger partial charge in [0.2, 0.25) is 5.13 Å². The molecular formula is C17H16F3N3O4S. The second-order valence-corrected chi connectivity index (χ2v) is 6.11. The van der Waals surface area contributed by atoms with Gasteiger partial charge in [-0.1, -0.05) is 0 Å². The number of methoxy groups -OCH3 is 1. The molecule has 0 aliphatic carbocycles. The number of Topliss-reactive ketones (excluding diaryl/α,β-unsaturated/α-hetero) is 1. The average molecular weight is 415 g/mol. The lowest BCUT2D eigenvalue weighted by Crippen LogP contribution is -2.27. The van der Waals surface area contributed by atoms with Crippen molar-refractivity contribution in [2.75, 3.05) is 19.1 Å². The number of hydrogen-bond donors (Lipinski definition) is 1. The van der Waals surface area contributed by atoms with Crippen LogP contribution in [-0.2, 0) is 4.74 Å². The summed E-state index contributed by atoms with van der Waals surface area (Å²) in [7, 11) is 1.43. The van der Waals surface area contributed by atoms with E-state index in [0.717, 1.165) is 11.3 Å². The van der Waals surface area contributed by atoms with Gasteiger partial charge in [-0.2, -0.15) is 18.3 Å². The molecule has 0 amide bonds. The van der Waals surface area contributed by atoms with Gasteiger partial charge >= 0.3 is 12.1 Å². The van der Waals surface area contributed by atoms with Gasteiger partial charge in [0, 0.05) is 10.9 Å². The molecule has 0 spiro atoms. The van der Waals surface area contributed by atoms with Gasteiger partial charge in [0.25, 0.3) is 0 Å². The number of nitrogens with one attached hydrogen (secondary N) is 1. The molecule has 11 heteroatoms. The summed E-state index contributed by atoms with van der Waals surface area (Å²) in [5.74, 6) is -0.975. The number of thiazole rings is 1. The number of benzene rings is 1. The molecule has 1 heterocycles. The minimum absolute atomic E-state index is 0.0401. The fourth-order valence-electron chi connectivity index (χ4n) is 1.97. The molecule has 150 valence electrons. The van der Waals surface area contributed by atoms with E-state index in [1.807, 2.05) is 0 Å². The van der Waals surface area contributed by atoms with Gasteiger partial charge < -0.3 is 9.47 Å². The number of carbonyl (C=O) groups excluding carboxylic acids is 2. The normalized spacial score (nSPS) is 11.8. The van der Waals surface area contributed by atoms with Crippen LogP contribution in [0.15, 0.2) is 34.7 Å². The summed E-state index contributed by atoms with van der Waals surface area (Å²) in [5, 5.41) is 4.56. The van der Waals surface area contributed by atoms with Crippen LogP contribution in [0.25, 0.3) is 0 Å². The second-order valence-electron chi connectivity index (χ2n) is 5.25. The first kappa shape index (κ1) is 21.4. The van der Waals surface area contributed by atoms with E-state index in [2.05, 4.69) is 15.5 Å². The molecule has 0 fully saturated rings. The number of aromatic nitrogens is 1. The molecule has 0 aliphatic heterocycles. The number of hydrogen-bond acceptors (Lipinski definition) is 8.